The first kappa shape index (κ1) is 16.1. The number of hydrazone groups is 1. The molecule has 9 nitrogen and oxygen atoms in total. The van der Waals surface area contributed by atoms with E-state index in [2.05, 4.69) is 30.7 Å². The monoisotopic (exact) mass is 335 g/mol. The maximum atomic E-state index is 11.0. The van der Waals surface area contributed by atoms with Crippen LogP contribution in [0, 0.1) is 10.1 Å². The van der Waals surface area contributed by atoms with E-state index in [1.165, 1.54) is 24.5 Å². The number of hydrogen-bond donors (Lipinski definition) is 1. The minimum Gasteiger partial charge on any atom is -0.258 e. The van der Waals surface area contributed by atoms with Gasteiger partial charge in [0.1, 0.15) is 5.69 Å². The molecule has 0 unspecified atom stereocenters. The fraction of sp³-hybridized carbons (Fsp3) is 0.0625. The van der Waals surface area contributed by atoms with E-state index in [9.17, 15) is 10.1 Å². The van der Waals surface area contributed by atoms with E-state index in [1.54, 1.807) is 6.92 Å². The Balaban J connectivity index is 1.85. The smallest absolute Gasteiger partial charge is 0.258 e. The first-order valence-corrected chi connectivity index (χ1v) is 7.30. The number of anilines is 1. The summed E-state index contributed by atoms with van der Waals surface area (Å²) >= 11 is 0. The summed E-state index contributed by atoms with van der Waals surface area (Å²) in [4.78, 5) is 18.8. The largest absolute Gasteiger partial charge is 0.313 e. The first-order valence-electron chi connectivity index (χ1n) is 7.30. The van der Waals surface area contributed by atoms with Crippen LogP contribution in [0.4, 0.5) is 11.5 Å². The lowest BCUT2D eigenvalue weighted by Gasteiger charge is -2.04. The highest BCUT2D eigenvalue weighted by Crippen LogP contribution is 2.20. The van der Waals surface area contributed by atoms with Gasteiger partial charge in [0.25, 0.3) is 0 Å². The van der Waals surface area contributed by atoms with Crippen molar-refractivity contribution in [1.82, 2.24) is 20.2 Å². The van der Waals surface area contributed by atoms with Gasteiger partial charge in [0.05, 0.1) is 16.8 Å². The molecule has 124 valence electrons. The van der Waals surface area contributed by atoms with Crippen LogP contribution in [0.15, 0.2) is 60.0 Å². The van der Waals surface area contributed by atoms with Gasteiger partial charge < -0.3 is 0 Å². The summed E-state index contributed by atoms with van der Waals surface area (Å²) in [5.41, 5.74) is 4.26. The molecule has 0 atom stereocenters. The second kappa shape index (κ2) is 7.21. The van der Waals surface area contributed by atoms with Crippen LogP contribution in [0.5, 0.6) is 0 Å². The van der Waals surface area contributed by atoms with Crippen molar-refractivity contribution in [2.45, 2.75) is 6.92 Å². The van der Waals surface area contributed by atoms with Gasteiger partial charge in [0.2, 0.25) is 5.82 Å². The molecule has 0 amide bonds. The lowest BCUT2D eigenvalue weighted by atomic mass is 10.2. The van der Waals surface area contributed by atoms with E-state index >= 15 is 0 Å². The Morgan fingerprint density at radius 2 is 2.00 bits per heavy atom. The predicted octanol–water partition coefficient (Wildman–Crippen LogP) is 2.68. The van der Waals surface area contributed by atoms with Gasteiger partial charge in [-0.3, -0.25) is 15.5 Å². The van der Waals surface area contributed by atoms with Gasteiger partial charge in [-0.05, 0) is 13.0 Å². The number of hydrogen-bond acceptors (Lipinski definition) is 8. The van der Waals surface area contributed by atoms with Gasteiger partial charge in [-0.25, -0.2) is 9.97 Å². The molecule has 0 saturated carbocycles. The molecule has 0 aliphatic carbocycles. The maximum absolute atomic E-state index is 11.0. The zero-order valence-electron chi connectivity index (χ0n) is 13.2. The van der Waals surface area contributed by atoms with E-state index in [0.717, 1.165) is 5.56 Å². The molecule has 3 rings (SSSR count). The van der Waals surface area contributed by atoms with E-state index in [-0.39, 0.29) is 11.5 Å². The summed E-state index contributed by atoms with van der Waals surface area (Å²) < 4.78 is 0. The predicted molar refractivity (Wildman–Crippen MR) is 92.0 cm³/mol. The molecule has 0 bridgehead atoms. The Morgan fingerprint density at radius 3 is 2.76 bits per heavy atom. The van der Waals surface area contributed by atoms with Crippen LogP contribution < -0.4 is 5.43 Å². The Kier molecular flexibility index (Phi) is 4.65. The first-order chi connectivity index (χ1) is 12.1. The summed E-state index contributed by atoms with van der Waals surface area (Å²) in [5.74, 6) is 0.522. The van der Waals surface area contributed by atoms with Gasteiger partial charge in [0, 0.05) is 17.8 Å². The number of nitrogens with one attached hydrogen (secondary N) is 1. The Hall–Kier alpha value is -3.75. The summed E-state index contributed by atoms with van der Waals surface area (Å²) in [6.07, 6.45) is 2.92. The highest BCUT2D eigenvalue weighted by molar-refractivity contribution is 5.97. The number of nitrogens with zero attached hydrogens (tertiary/aromatic N) is 6. The fourth-order valence-electron chi connectivity index (χ4n) is 2.01. The Bertz CT molecular complexity index is 929. The van der Waals surface area contributed by atoms with Crippen molar-refractivity contribution < 1.29 is 4.92 Å². The van der Waals surface area contributed by atoms with Crippen molar-refractivity contribution >= 4 is 17.2 Å². The average molecular weight is 335 g/mol. The highest BCUT2D eigenvalue weighted by atomic mass is 16.6. The lowest BCUT2D eigenvalue weighted by molar-refractivity contribution is -0.384. The highest BCUT2D eigenvalue weighted by Gasteiger charge is 2.13. The molecule has 1 N–H and O–H groups in total. The van der Waals surface area contributed by atoms with Crippen LogP contribution in [0.25, 0.3) is 11.4 Å². The van der Waals surface area contributed by atoms with Crippen molar-refractivity contribution in [3.63, 3.8) is 0 Å². The van der Waals surface area contributed by atoms with Crippen LogP contribution in [0.3, 0.4) is 0 Å². The molecule has 2 aromatic heterocycles. The molecular formula is C16H13N7O2. The third-order valence-corrected chi connectivity index (χ3v) is 3.27. The van der Waals surface area contributed by atoms with Gasteiger partial charge in [-0.2, -0.15) is 10.2 Å². The SMILES string of the molecule is C/C(=N\Nc1ncccc1[N+](=O)[O-])c1cnnc(-c2ccccc2)n1. The standard InChI is InChI=1S/C16H13N7O2/c1-11(20-22-16-14(23(24)25)8-5-9-17-16)13-10-18-21-15(19-13)12-6-3-2-4-7-12/h2-10H,1H3,(H,17,22)/b20-11+. The summed E-state index contributed by atoms with van der Waals surface area (Å²) in [6.45, 7) is 1.71. The molecule has 25 heavy (non-hydrogen) atoms. The van der Waals surface area contributed by atoms with Crippen LogP contribution in [-0.2, 0) is 0 Å². The summed E-state index contributed by atoms with van der Waals surface area (Å²) in [7, 11) is 0. The van der Waals surface area contributed by atoms with E-state index in [4.69, 9.17) is 0 Å². The summed E-state index contributed by atoms with van der Waals surface area (Å²) in [6, 6.07) is 12.3. The van der Waals surface area contributed by atoms with Crippen molar-refractivity contribution in [2.75, 3.05) is 5.43 Å². The Labute approximate surface area is 142 Å². The van der Waals surface area contributed by atoms with Crippen LogP contribution >= 0.6 is 0 Å². The topological polar surface area (TPSA) is 119 Å². The normalized spacial score (nSPS) is 11.2. The molecule has 0 fully saturated rings. The number of nitro groups is 1. The molecule has 0 aliphatic heterocycles. The molecule has 2 heterocycles. The molecule has 0 radical (unpaired) electrons. The minimum atomic E-state index is -0.528. The van der Waals surface area contributed by atoms with Gasteiger partial charge in [-0.1, -0.05) is 30.3 Å². The minimum absolute atomic E-state index is 0.0529. The van der Waals surface area contributed by atoms with Gasteiger partial charge >= 0.3 is 5.69 Å². The zero-order valence-corrected chi connectivity index (χ0v) is 13.2. The van der Waals surface area contributed by atoms with Crippen molar-refractivity contribution in [3.05, 3.63) is 70.7 Å². The third-order valence-electron chi connectivity index (χ3n) is 3.27. The molecule has 0 saturated heterocycles. The average Bonchev–Trinajstić information content (AvgIpc) is 2.67. The maximum Gasteiger partial charge on any atom is 0.313 e. The Morgan fingerprint density at radius 1 is 1.20 bits per heavy atom. The van der Waals surface area contributed by atoms with E-state index < -0.39 is 4.92 Å². The van der Waals surface area contributed by atoms with Crippen molar-refractivity contribution in [2.24, 2.45) is 5.10 Å². The van der Waals surface area contributed by atoms with Gasteiger partial charge in [-0.15, -0.1) is 5.10 Å². The quantitative estimate of drug-likeness (QED) is 0.432. The van der Waals surface area contributed by atoms with Crippen LogP contribution in [-0.4, -0.2) is 30.8 Å². The second-order valence-corrected chi connectivity index (χ2v) is 4.97. The number of pyridine rings is 1. The van der Waals surface area contributed by atoms with E-state index in [1.807, 2.05) is 30.3 Å². The number of aromatic nitrogens is 4. The summed E-state index contributed by atoms with van der Waals surface area (Å²) in [5, 5.41) is 23.0. The van der Waals surface area contributed by atoms with Crippen molar-refractivity contribution in [3.8, 4) is 11.4 Å². The molecular weight excluding hydrogens is 322 g/mol. The van der Waals surface area contributed by atoms with Crippen LogP contribution in [0.1, 0.15) is 12.6 Å². The number of benzene rings is 1. The third kappa shape index (κ3) is 3.78. The zero-order chi connectivity index (χ0) is 17.6. The number of rotatable bonds is 5. The molecule has 0 spiro atoms. The molecule has 9 heteroatoms. The molecule has 0 aliphatic rings. The van der Waals surface area contributed by atoms with Crippen molar-refractivity contribution in [1.29, 1.82) is 0 Å². The second-order valence-electron chi connectivity index (χ2n) is 4.97. The fourth-order valence-corrected chi connectivity index (χ4v) is 2.01. The molecule has 3 aromatic rings. The van der Waals surface area contributed by atoms with Crippen LogP contribution in [0.2, 0.25) is 0 Å². The van der Waals surface area contributed by atoms with Gasteiger partial charge in [0.15, 0.2) is 5.82 Å². The van der Waals surface area contributed by atoms with E-state index in [0.29, 0.717) is 17.2 Å². The lowest BCUT2D eigenvalue weighted by Crippen LogP contribution is -2.07. The molecule has 1 aromatic carbocycles.